The van der Waals surface area contributed by atoms with Crippen molar-refractivity contribution in [3.8, 4) is 22.3 Å². The Morgan fingerprint density at radius 2 is 1.89 bits per heavy atom. The molecule has 0 saturated heterocycles. The van der Waals surface area contributed by atoms with Crippen LogP contribution < -0.4 is 11.1 Å². The molecule has 9 heteroatoms. The summed E-state index contributed by atoms with van der Waals surface area (Å²) in [4.78, 5) is 9.58. The second-order valence-corrected chi connectivity index (χ2v) is 9.12. The Bertz CT molecular complexity index is 1370. The molecule has 5 nitrogen and oxygen atoms in total. The first-order valence-electron chi connectivity index (χ1n) is 10.9. The molecule has 4 aromatic rings. The molecule has 2 heterocycles. The van der Waals surface area contributed by atoms with Gasteiger partial charge in [0, 0.05) is 30.4 Å². The fourth-order valence-corrected chi connectivity index (χ4v) is 4.42. The Morgan fingerprint density at radius 1 is 1.11 bits per heavy atom. The van der Waals surface area contributed by atoms with Crippen LogP contribution in [0.2, 0.25) is 0 Å². The first kappa shape index (κ1) is 24.7. The molecule has 2 aromatic heterocycles. The summed E-state index contributed by atoms with van der Waals surface area (Å²) < 4.78 is 38.3. The molecule has 0 amide bonds. The highest BCUT2D eigenvalue weighted by atomic mass is 32.1. The molecule has 4 N–H and O–H groups in total. The number of aromatic nitrogens is 2. The lowest BCUT2D eigenvalue weighted by molar-refractivity contribution is -0.137. The van der Waals surface area contributed by atoms with Gasteiger partial charge < -0.3 is 16.2 Å². The van der Waals surface area contributed by atoms with Crippen molar-refractivity contribution in [1.29, 1.82) is 0 Å². The van der Waals surface area contributed by atoms with Crippen LogP contribution in [-0.4, -0.2) is 33.8 Å². The van der Waals surface area contributed by atoms with Crippen molar-refractivity contribution in [2.45, 2.75) is 31.7 Å². The molecule has 180 valence electrons. The van der Waals surface area contributed by atoms with Crippen molar-refractivity contribution in [2.75, 3.05) is 11.9 Å². The Kier molecular flexibility index (Phi) is 7.36. The smallest absolute Gasteiger partial charge is 0.381 e. The van der Waals surface area contributed by atoms with E-state index in [2.05, 4.69) is 27.1 Å². The van der Waals surface area contributed by atoms with Crippen molar-refractivity contribution in [3.63, 3.8) is 0 Å². The van der Waals surface area contributed by atoms with Gasteiger partial charge in [0.2, 0.25) is 0 Å². The molecule has 2 atom stereocenters. The predicted molar refractivity (Wildman–Crippen MR) is 133 cm³/mol. The van der Waals surface area contributed by atoms with E-state index in [0.29, 0.717) is 23.8 Å². The molecule has 0 aliphatic heterocycles. The first-order valence-corrected chi connectivity index (χ1v) is 11.7. The molecule has 0 bridgehead atoms. The summed E-state index contributed by atoms with van der Waals surface area (Å²) in [6.45, 7) is 1.96. The maximum atomic E-state index is 12.8. The summed E-state index contributed by atoms with van der Waals surface area (Å²) in [7, 11) is 0. The van der Waals surface area contributed by atoms with Gasteiger partial charge in [-0.25, -0.2) is 4.98 Å². The fourth-order valence-electron chi connectivity index (χ4n) is 3.50. The van der Waals surface area contributed by atoms with Crippen LogP contribution in [0.25, 0.3) is 21.2 Å². The number of aliphatic hydroxyl groups is 1. The number of nitrogens with two attached hydrogens (primary N) is 1. The van der Waals surface area contributed by atoms with Gasteiger partial charge in [-0.05, 0) is 60.0 Å². The van der Waals surface area contributed by atoms with E-state index >= 15 is 0 Å². The minimum Gasteiger partial charge on any atom is -0.381 e. The Morgan fingerprint density at radius 3 is 2.60 bits per heavy atom. The van der Waals surface area contributed by atoms with E-state index in [4.69, 9.17) is 5.73 Å². The minimum atomic E-state index is -4.36. The summed E-state index contributed by atoms with van der Waals surface area (Å²) in [5, 5.41) is 15.5. The lowest BCUT2D eigenvalue weighted by Crippen LogP contribution is -2.31. The summed E-state index contributed by atoms with van der Waals surface area (Å²) >= 11 is 1.42. The monoisotopic (exact) mass is 496 g/mol. The number of rotatable bonds is 6. The van der Waals surface area contributed by atoms with Gasteiger partial charge >= 0.3 is 6.18 Å². The standard InChI is InChI=1S/C26H23F3N4OS/c1-16(34)2-9-23-24(19-5-6-20-14-31-11-10-18(20)13-19)35-25(33-23)32-15-22(30)12-17-3-7-21(8-4-17)26(27,28)29/h3-8,10-11,13-14,16,22,34H,12,15,30H2,1H3,(H,32,33)/t16?,22-/m1/s1. The largest absolute Gasteiger partial charge is 0.416 e. The normalized spacial score (nSPS) is 13.2. The van der Waals surface area contributed by atoms with Crippen LogP contribution >= 0.6 is 11.3 Å². The van der Waals surface area contributed by atoms with Crippen LogP contribution in [0, 0.1) is 11.8 Å². The number of halogens is 3. The van der Waals surface area contributed by atoms with E-state index in [1.807, 2.05) is 24.3 Å². The summed E-state index contributed by atoms with van der Waals surface area (Å²) in [6.07, 6.45) is -1.21. The third-order valence-corrected chi connectivity index (χ3v) is 6.29. The number of alkyl halides is 3. The lowest BCUT2D eigenvalue weighted by atomic mass is 10.0. The van der Waals surface area contributed by atoms with Gasteiger partial charge in [0.25, 0.3) is 0 Å². The fraction of sp³-hybridized carbons (Fsp3) is 0.231. The average molecular weight is 497 g/mol. The molecule has 0 aliphatic rings. The van der Waals surface area contributed by atoms with E-state index in [0.717, 1.165) is 38.9 Å². The van der Waals surface area contributed by atoms with Gasteiger partial charge in [0.1, 0.15) is 11.8 Å². The number of nitrogens with zero attached hydrogens (tertiary/aromatic N) is 2. The topological polar surface area (TPSA) is 84.1 Å². The maximum absolute atomic E-state index is 12.8. The molecule has 0 fully saturated rings. The van der Waals surface area contributed by atoms with Crippen LogP contribution in [0.4, 0.5) is 18.3 Å². The molecule has 1 unspecified atom stereocenters. The van der Waals surface area contributed by atoms with Gasteiger partial charge in [0.05, 0.1) is 10.4 Å². The quantitative estimate of drug-likeness (QED) is 0.324. The van der Waals surface area contributed by atoms with E-state index in [-0.39, 0.29) is 6.04 Å². The van der Waals surface area contributed by atoms with Crippen LogP contribution in [0.3, 0.4) is 0 Å². The molecule has 0 radical (unpaired) electrons. The van der Waals surface area contributed by atoms with E-state index in [9.17, 15) is 18.3 Å². The Labute approximate surface area is 204 Å². The van der Waals surface area contributed by atoms with Gasteiger partial charge in [0.15, 0.2) is 5.13 Å². The number of benzene rings is 2. The van der Waals surface area contributed by atoms with Gasteiger partial charge in [-0.1, -0.05) is 41.5 Å². The zero-order valence-electron chi connectivity index (χ0n) is 18.8. The molecule has 0 aliphatic carbocycles. The minimum absolute atomic E-state index is 0.334. The highest BCUT2D eigenvalue weighted by Gasteiger charge is 2.30. The van der Waals surface area contributed by atoms with Crippen LogP contribution in [0.15, 0.2) is 60.9 Å². The number of pyridine rings is 1. The molecule has 0 spiro atoms. The number of fused-ring (bicyclic) bond motifs is 1. The molecule has 35 heavy (non-hydrogen) atoms. The van der Waals surface area contributed by atoms with E-state index in [1.165, 1.54) is 23.5 Å². The summed E-state index contributed by atoms with van der Waals surface area (Å²) in [6, 6.07) is 12.6. The third kappa shape index (κ3) is 6.36. The van der Waals surface area contributed by atoms with Crippen molar-refractivity contribution >= 4 is 27.2 Å². The van der Waals surface area contributed by atoms with Crippen molar-refractivity contribution < 1.29 is 18.3 Å². The zero-order valence-corrected chi connectivity index (χ0v) is 19.6. The number of anilines is 1. The Hall–Kier alpha value is -3.45. The molecule has 2 aromatic carbocycles. The van der Waals surface area contributed by atoms with Crippen LogP contribution in [0.1, 0.15) is 23.7 Å². The number of thiazole rings is 1. The van der Waals surface area contributed by atoms with Crippen molar-refractivity contribution in [2.24, 2.45) is 5.73 Å². The van der Waals surface area contributed by atoms with Crippen molar-refractivity contribution in [3.05, 3.63) is 77.7 Å². The lowest BCUT2D eigenvalue weighted by Gasteiger charge is -2.13. The van der Waals surface area contributed by atoms with E-state index < -0.39 is 17.8 Å². The molecule has 0 saturated carbocycles. The SMILES string of the molecule is CC(O)C#Cc1nc(NC[C@H](N)Cc2ccc(C(F)(F)F)cc2)sc1-c1ccc2cnccc2c1. The van der Waals surface area contributed by atoms with Crippen LogP contribution in [0.5, 0.6) is 0 Å². The second-order valence-electron chi connectivity index (χ2n) is 8.12. The average Bonchev–Trinajstić information content (AvgIpc) is 3.24. The third-order valence-electron chi connectivity index (χ3n) is 5.22. The van der Waals surface area contributed by atoms with Gasteiger partial charge in [-0.15, -0.1) is 0 Å². The van der Waals surface area contributed by atoms with Crippen LogP contribution in [-0.2, 0) is 12.6 Å². The first-order chi connectivity index (χ1) is 16.7. The molecule has 4 rings (SSSR count). The number of hydrogen-bond donors (Lipinski definition) is 3. The summed E-state index contributed by atoms with van der Waals surface area (Å²) in [5.74, 6) is 5.69. The number of aliphatic hydroxyl groups excluding tert-OH is 1. The number of nitrogens with one attached hydrogen (secondary N) is 1. The molecular weight excluding hydrogens is 473 g/mol. The molecular formula is C26H23F3N4OS. The number of hydrogen-bond acceptors (Lipinski definition) is 6. The van der Waals surface area contributed by atoms with Crippen molar-refractivity contribution in [1.82, 2.24) is 9.97 Å². The predicted octanol–water partition coefficient (Wildman–Crippen LogP) is 5.09. The zero-order chi connectivity index (χ0) is 25.0. The van der Waals surface area contributed by atoms with Gasteiger partial charge in [-0.3, -0.25) is 4.98 Å². The van der Waals surface area contributed by atoms with Gasteiger partial charge in [-0.2, -0.15) is 13.2 Å². The summed E-state index contributed by atoms with van der Waals surface area (Å²) in [5.41, 5.74) is 7.75. The highest BCUT2D eigenvalue weighted by molar-refractivity contribution is 7.19. The second kappa shape index (κ2) is 10.4. The van der Waals surface area contributed by atoms with E-state index in [1.54, 1.807) is 19.3 Å². The Balaban J connectivity index is 1.50. The maximum Gasteiger partial charge on any atom is 0.416 e. The highest BCUT2D eigenvalue weighted by Crippen LogP contribution is 2.34.